The number of anilines is 3. The molecule has 4 rings (SSSR count). The van der Waals surface area contributed by atoms with Crippen molar-refractivity contribution in [2.75, 3.05) is 11.1 Å². The zero-order chi connectivity index (χ0) is 16.2. The maximum atomic E-state index is 14.3. The monoisotopic (exact) mass is 311 g/mol. The summed E-state index contributed by atoms with van der Waals surface area (Å²) in [6.07, 6.45) is 2.00. The van der Waals surface area contributed by atoms with Crippen molar-refractivity contribution in [1.82, 2.24) is 15.2 Å². The minimum absolute atomic E-state index is 0.180. The van der Waals surface area contributed by atoms with E-state index in [2.05, 4.69) is 40.4 Å². The van der Waals surface area contributed by atoms with Gasteiger partial charge >= 0.3 is 0 Å². The highest BCUT2D eigenvalue weighted by Crippen LogP contribution is 2.40. The fraction of sp³-hybridized carbons (Fsp3) is 0.294. The third-order valence-corrected chi connectivity index (χ3v) is 4.38. The lowest BCUT2D eigenvalue weighted by Gasteiger charge is -2.16. The highest BCUT2D eigenvalue weighted by Gasteiger charge is 2.30. The SMILES string of the molecule is CC1(C)Cc2cccc(Nc3nc4[nH]nc(N)c4cc3F)c2C1. The van der Waals surface area contributed by atoms with Crippen LogP contribution in [0.4, 0.5) is 21.7 Å². The lowest BCUT2D eigenvalue weighted by atomic mass is 9.90. The first-order chi connectivity index (χ1) is 10.9. The van der Waals surface area contributed by atoms with Gasteiger partial charge in [0.15, 0.2) is 23.1 Å². The Kier molecular flexibility index (Phi) is 2.85. The minimum atomic E-state index is -0.444. The van der Waals surface area contributed by atoms with Gasteiger partial charge in [-0.15, -0.1) is 0 Å². The van der Waals surface area contributed by atoms with Gasteiger partial charge in [-0.2, -0.15) is 5.10 Å². The second-order valence-corrected chi connectivity index (χ2v) is 6.91. The number of nitrogens with one attached hydrogen (secondary N) is 2. The summed E-state index contributed by atoms with van der Waals surface area (Å²) in [5.41, 5.74) is 9.84. The Morgan fingerprint density at radius 3 is 2.96 bits per heavy atom. The van der Waals surface area contributed by atoms with Crippen molar-refractivity contribution in [2.45, 2.75) is 26.7 Å². The quantitative estimate of drug-likeness (QED) is 0.676. The van der Waals surface area contributed by atoms with E-state index >= 15 is 0 Å². The number of nitrogens with two attached hydrogens (primary N) is 1. The number of nitrogen functional groups attached to an aromatic ring is 1. The van der Waals surface area contributed by atoms with Crippen LogP contribution in [0.5, 0.6) is 0 Å². The van der Waals surface area contributed by atoms with Gasteiger partial charge in [0.05, 0.1) is 5.39 Å². The topological polar surface area (TPSA) is 79.6 Å². The van der Waals surface area contributed by atoms with Gasteiger partial charge in [-0.05, 0) is 41.5 Å². The van der Waals surface area contributed by atoms with Gasteiger partial charge in [0.25, 0.3) is 0 Å². The number of aromatic amines is 1. The molecule has 118 valence electrons. The van der Waals surface area contributed by atoms with Crippen LogP contribution in [0.25, 0.3) is 11.0 Å². The van der Waals surface area contributed by atoms with Gasteiger partial charge < -0.3 is 11.1 Å². The minimum Gasteiger partial charge on any atom is -0.382 e. The van der Waals surface area contributed by atoms with Crippen LogP contribution < -0.4 is 11.1 Å². The van der Waals surface area contributed by atoms with E-state index in [-0.39, 0.29) is 17.1 Å². The highest BCUT2D eigenvalue weighted by atomic mass is 19.1. The van der Waals surface area contributed by atoms with Gasteiger partial charge in [0.2, 0.25) is 0 Å². The maximum Gasteiger partial charge on any atom is 0.169 e. The zero-order valence-corrected chi connectivity index (χ0v) is 13.1. The van der Waals surface area contributed by atoms with E-state index in [1.165, 1.54) is 17.2 Å². The molecule has 3 aromatic rings. The number of aromatic nitrogens is 3. The predicted molar refractivity (Wildman–Crippen MR) is 89.2 cm³/mol. The summed E-state index contributed by atoms with van der Waals surface area (Å²) in [4.78, 5) is 4.27. The summed E-state index contributed by atoms with van der Waals surface area (Å²) in [5, 5.41) is 10.2. The molecule has 2 heterocycles. The molecule has 1 aliphatic carbocycles. The molecule has 5 nitrogen and oxygen atoms in total. The zero-order valence-electron chi connectivity index (χ0n) is 13.1. The first-order valence-corrected chi connectivity index (χ1v) is 7.61. The van der Waals surface area contributed by atoms with Gasteiger partial charge in [0, 0.05) is 5.69 Å². The van der Waals surface area contributed by atoms with E-state index in [9.17, 15) is 4.39 Å². The standard InChI is InChI=1S/C17H18FN5/c1-17(2)7-9-4-3-5-13(11(9)8-17)20-16-12(18)6-10-14(19)22-23-15(10)21-16/h3-6H,7-8H2,1-2H3,(H4,19,20,21,22,23). The van der Waals surface area contributed by atoms with Crippen molar-refractivity contribution >= 4 is 28.4 Å². The summed E-state index contributed by atoms with van der Waals surface area (Å²) >= 11 is 0. The molecule has 0 unspecified atom stereocenters. The van der Waals surface area contributed by atoms with Crippen LogP contribution in [0.2, 0.25) is 0 Å². The molecule has 2 aromatic heterocycles. The summed E-state index contributed by atoms with van der Waals surface area (Å²) in [6, 6.07) is 7.45. The fourth-order valence-corrected chi connectivity index (χ4v) is 3.34. The molecule has 0 saturated carbocycles. The summed E-state index contributed by atoms with van der Waals surface area (Å²) in [5.74, 6) is -0.0139. The van der Waals surface area contributed by atoms with Crippen molar-refractivity contribution in [2.24, 2.45) is 5.41 Å². The Balaban J connectivity index is 1.75. The Morgan fingerprint density at radius 2 is 2.13 bits per heavy atom. The van der Waals surface area contributed by atoms with E-state index in [0.29, 0.717) is 11.0 Å². The molecular weight excluding hydrogens is 293 g/mol. The third-order valence-electron chi connectivity index (χ3n) is 4.38. The third kappa shape index (κ3) is 2.30. The fourth-order valence-electron chi connectivity index (χ4n) is 3.34. The summed E-state index contributed by atoms with van der Waals surface area (Å²) < 4.78 is 14.3. The number of rotatable bonds is 2. The average Bonchev–Trinajstić information content (AvgIpc) is 2.99. The van der Waals surface area contributed by atoms with Gasteiger partial charge in [-0.25, -0.2) is 9.37 Å². The Hall–Kier alpha value is -2.63. The van der Waals surface area contributed by atoms with Crippen molar-refractivity contribution in [3.63, 3.8) is 0 Å². The van der Waals surface area contributed by atoms with Crippen LogP contribution in [-0.4, -0.2) is 15.2 Å². The second-order valence-electron chi connectivity index (χ2n) is 6.91. The largest absolute Gasteiger partial charge is 0.382 e. The maximum absolute atomic E-state index is 14.3. The number of halogens is 1. The molecule has 4 N–H and O–H groups in total. The molecule has 0 bridgehead atoms. The normalized spacial score (nSPS) is 15.8. The molecule has 0 fully saturated rings. The smallest absolute Gasteiger partial charge is 0.169 e. The van der Waals surface area contributed by atoms with Gasteiger partial charge in [0.1, 0.15) is 0 Å². The van der Waals surface area contributed by atoms with Crippen LogP contribution in [0.15, 0.2) is 24.3 Å². The average molecular weight is 311 g/mol. The number of hydrogen-bond donors (Lipinski definition) is 3. The molecular formula is C17H18FN5. The predicted octanol–water partition coefficient (Wildman–Crippen LogP) is 3.55. The van der Waals surface area contributed by atoms with Crippen molar-refractivity contribution in [1.29, 1.82) is 0 Å². The first kappa shape index (κ1) is 14.0. The van der Waals surface area contributed by atoms with E-state index in [4.69, 9.17) is 5.73 Å². The Labute approximate surface area is 133 Å². The summed E-state index contributed by atoms with van der Waals surface area (Å²) in [6.45, 7) is 4.49. The molecule has 1 aromatic carbocycles. The molecule has 0 radical (unpaired) electrons. The van der Waals surface area contributed by atoms with Crippen LogP contribution in [-0.2, 0) is 12.8 Å². The molecule has 6 heteroatoms. The molecule has 23 heavy (non-hydrogen) atoms. The molecule has 0 spiro atoms. The highest BCUT2D eigenvalue weighted by molar-refractivity contribution is 5.87. The van der Waals surface area contributed by atoms with Crippen molar-refractivity contribution in [3.05, 3.63) is 41.2 Å². The van der Waals surface area contributed by atoms with Crippen LogP contribution >= 0.6 is 0 Å². The first-order valence-electron chi connectivity index (χ1n) is 7.61. The van der Waals surface area contributed by atoms with E-state index in [0.717, 1.165) is 18.5 Å². The molecule has 0 atom stereocenters. The number of nitrogens with zero attached hydrogens (tertiary/aromatic N) is 2. The molecule has 1 aliphatic rings. The van der Waals surface area contributed by atoms with Crippen LogP contribution in [0.3, 0.4) is 0 Å². The number of fused-ring (bicyclic) bond motifs is 2. The molecule has 0 saturated heterocycles. The Morgan fingerprint density at radius 1 is 1.30 bits per heavy atom. The van der Waals surface area contributed by atoms with E-state index in [1.807, 2.05) is 12.1 Å². The number of benzene rings is 1. The van der Waals surface area contributed by atoms with Crippen LogP contribution in [0.1, 0.15) is 25.0 Å². The van der Waals surface area contributed by atoms with Gasteiger partial charge in [-0.3, -0.25) is 5.10 Å². The van der Waals surface area contributed by atoms with E-state index < -0.39 is 5.82 Å². The molecule has 0 aliphatic heterocycles. The second kappa shape index (κ2) is 4.68. The number of H-pyrrole nitrogens is 1. The van der Waals surface area contributed by atoms with Crippen molar-refractivity contribution < 1.29 is 4.39 Å². The number of hydrogen-bond acceptors (Lipinski definition) is 4. The number of pyridine rings is 1. The molecule has 0 amide bonds. The van der Waals surface area contributed by atoms with Gasteiger partial charge in [-0.1, -0.05) is 26.0 Å². The van der Waals surface area contributed by atoms with Crippen molar-refractivity contribution in [3.8, 4) is 0 Å². The van der Waals surface area contributed by atoms with Crippen LogP contribution in [0, 0.1) is 11.2 Å². The lowest BCUT2D eigenvalue weighted by molar-refractivity contribution is 0.393. The Bertz CT molecular complexity index is 913. The van der Waals surface area contributed by atoms with E-state index in [1.54, 1.807) is 0 Å². The lowest BCUT2D eigenvalue weighted by Crippen LogP contribution is -2.10. The summed E-state index contributed by atoms with van der Waals surface area (Å²) in [7, 11) is 0.